The van der Waals surface area contributed by atoms with Gasteiger partial charge in [-0.2, -0.15) is 0 Å². The van der Waals surface area contributed by atoms with E-state index in [-0.39, 0.29) is 11.6 Å². The summed E-state index contributed by atoms with van der Waals surface area (Å²) in [5.74, 6) is 0.525. The lowest BCUT2D eigenvalue weighted by atomic mass is 10.1. The molecule has 0 radical (unpaired) electrons. The number of unbranched alkanes of at least 4 members (excludes halogenated alkanes) is 1. The van der Waals surface area contributed by atoms with Crippen molar-refractivity contribution in [2.24, 2.45) is 4.99 Å². The van der Waals surface area contributed by atoms with Gasteiger partial charge in [-0.1, -0.05) is 43.1 Å². The average Bonchev–Trinajstić information content (AvgIpc) is 2.98. The van der Waals surface area contributed by atoms with E-state index >= 15 is 0 Å². The van der Waals surface area contributed by atoms with Gasteiger partial charge in [-0.25, -0.2) is 9.79 Å². The number of esters is 1. The Morgan fingerprint density at radius 2 is 1.92 bits per heavy atom. The summed E-state index contributed by atoms with van der Waals surface area (Å²) in [6.45, 7) is 2.75. The highest BCUT2D eigenvalue weighted by Gasteiger charge is 2.24. The fourth-order valence-corrected chi connectivity index (χ4v) is 2.46. The molecule has 0 spiro atoms. The first-order valence-electron chi connectivity index (χ1n) is 8.17. The normalized spacial score (nSPS) is 15.2. The van der Waals surface area contributed by atoms with Gasteiger partial charge in [-0.05, 0) is 42.8 Å². The Kier molecular flexibility index (Phi) is 5.51. The van der Waals surface area contributed by atoms with E-state index in [2.05, 4.69) is 11.9 Å². The first-order valence-corrected chi connectivity index (χ1v) is 8.55. The van der Waals surface area contributed by atoms with Crippen LogP contribution in [0.15, 0.2) is 59.2 Å². The van der Waals surface area contributed by atoms with Gasteiger partial charge < -0.3 is 9.47 Å². The van der Waals surface area contributed by atoms with Crippen LogP contribution < -0.4 is 4.74 Å². The van der Waals surface area contributed by atoms with Gasteiger partial charge in [0.2, 0.25) is 5.90 Å². The summed E-state index contributed by atoms with van der Waals surface area (Å²) in [7, 11) is 0. The molecule has 0 unspecified atom stereocenters. The Morgan fingerprint density at radius 1 is 1.16 bits per heavy atom. The van der Waals surface area contributed by atoms with Crippen molar-refractivity contribution in [3.05, 3.63) is 70.4 Å². The number of hydrogen-bond acceptors (Lipinski definition) is 4. The van der Waals surface area contributed by atoms with E-state index in [0.29, 0.717) is 17.2 Å². The third kappa shape index (κ3) is 4.28. The maximum absolute atomic E-state index is 12.1. The fraction of sp³-hybridized carbons (Fsp3) is 0.200. The second kappa shape index (κ2) is 7.99. The number of benzene rings is 2. The number of carbonyl (C=O) groups is 1. The van der Waals surface area contributed by atoms with Gasteiger partial charge in [0, 0.05) is 16.1 Å². The third-order valence-electron chi connectivity index (χ3n) is 3.68. The second-order valence-electron chi connectivity index (χ2n) is 5.58. The van der Waals surface area contributed by atoms with Crippen molar-refractivity contribution in [3.63, 3.8) is 0 Å². The first-order chi connectivity index (χ1) is 12.2. The molecule has 3 rings (SSSR count). The summed E-state index contributed by atoms with van der Waals surface area (Å²) in [6, 6.07) is 14.5. The molecule has 25 heavy (non-hydrogen) atoms. The number of cyclic esters (lactones) is 1. The first kappa shape index (κ1) is 17.2. The number of rotatable bonds is 6. The predicted molar refractivity (Wildman–Crippen MR) is 98.9 cm³/mol. The maximum atomic E-state index is 12.1. The lowest BCUT2D eigenvalue weighted by Gasteiger charge is -2.08. The van der Waals surface area contributed by atoms with Crippen molar-refractivity contribution in [1.29, 1.82) is 0 Å². The number of aliphatic imine (C=N–C) groups is 1. The zero-order valence-corrected chi connectivity index (χ0v) is 14.6. The fourth-order valence-electron chi connectivity index (χ4n) is 2.33. The predicted octanol–water partition coefficient (Wildman–Crippen LogP) is 4.86. The van der Waals surface area contributed by atoms with Crippen molar-refractivity contribution in [3.8, 4) is 5.75 Å². The van der Waals surface area contributed by atoms with Crippen LogP contribution in [0.3, 0.4) is 0 Å². The third-order valence-corrected chi connectivity index (χ3v) is 3.93. The number of halogens is 1. The molecule has 1 aliphatic rings. The van der Waals surface area contributed by atoms with Gasteiger partial charge in [0.15, 0.2) is 5.70 Å². The lowest BCUT2D eigenvalue weighted by molar-refractivity contribution is -0.129. The summed E-state index contributed by atoms with van der Waals surface area (Å²) in [5.41, 5.74) is 1.75. The van der Waals surface area contributed by atoms with Gasteiger partial charge in [0.1, 0.15) is 5.75 Å². The van der Waals surface area contributed by atoms with Crippen molar-refractivity contribution < 1.29 is 14.3 Å². The van der Waals surface area contributed by atoms with Gasteiger partial charge in [0.25, 0.3) is 0 Å². The Labute approximate surface area is 151 Å². The van der Waals surface area contributed by atoms with E-state index in [1.165, 1.54) is 0 Å². The summed E-state index contributed by atoms with van der Waals surface area (Å²) >= 11 is 5.88. The maximum Gasteiger partial charge on any atom is 0.363 e. The van der Waals surface area contributed by atoms with Crippen LogP contribution in [0, 0.1) is 0 Å². The highest BCUT2D eigenvalue weighted by atomic mass is 35.5. The monoisotopic (exact) mass is 355 g/mol. The molecular weight excluding hydrogens is 338 g/mol. The lowest BCUT2D eigenvalue weighted by Crippen LogP contribution is -2.05. The standard InChI is InChI=1S/C20H18ClNO3/c1-2-3-12-24-18-7-5-4-6-15(18)13-17-20(23)25-19(22-17)14-8-10-16(21)11-9-14/h4-11,13H,2-3,12H2,1H3/b17-13-. The Bertz CT molecular complexity index is 825. The summed E-state index contributed by atoms with van der Waals surface area (Å²) in [6.07, 6.45) is 3.72. The van der Waals surface area contributed by atoms with E-state index in [4.69, 9.17) is 21.1 Å². The molecule has 2 aromatic rings. The van der Waals surface area contributed by atoms with Crippen LogP contribution in [-0.2, 0) is 9.53 Å². The highest BCUT2D eigenvalue weighted by Crippen LogP contribution is 2.25. The minimum Gasteiger partial charge on any atom is -0.493 e. The molecule has 1 aliphatic heterocycles. The van der Waals surface area contributed by atoms with Gasteiger partial charge >= 0.3 is 5.97 Å². The minimum absolute atomic E-state index is 0.247. The molecule has 0 saturated carbocycles. The molecule has 0 saturated heterocycles. The molecule has 128 valence electrons. The molecule has 0 aromatic heterocycles. The molecule has 4 nitrogen and oxygen atoms in total. The number of carbonyl (C=O) groups excluding carboxylic acids is 1. The molecular formula is C20H18ClNO3. The number of para-hydroxylation sites is 1. The molecule has 0 atom stereocenters. The van der Waals surface area contributed by atoms with Crippen molar-refractivity contribution in [1.82, 2.24) is 0 Å². The van der Waals surface area contributed by atoms with E-state index in [1.807, 2.05) is 24.3 Å². The van der Waals surface area contributed by atoms with Gasteiger partial charge in [-0.3, -0.25) is 0 Å². The Hall–Kier alpha value is -2.59. The van der Waals surface area contributed by atoms with E-state index in [1.54, 1.807) is 30.3 Å². The quantitative estimate of drug-likeness (QED) is 0.422. The summed E-state index contributed by atoms with van der Waals surface area (Å²) in [4.78, 5) is 16.4. The summed E-state index contributed by atoms with van der Waals surface area (Å²) in [5, 5.41) is 0.614. The van der Waals surface area contributed by atoms with Crippen LogP contribution in [0.1, 0.15) is 30.9 Å². The molecule has 2 aromatic carbocycles. The van der Waals surface area contributed by atoms with Crippen molar-refractivity contribution in [2.45, 2.75) is 19.8 Å². The summed E-state index contributed by atoms with van der Waals surface area (Å²) < 4.78 is 11.1. The van der Waals surface area contributed by atoms with E-state index < -0.39 is 5.97 Å². The molecule has 0 bridgehead atoms. The van der Waals surface area contributed by atoms with Crippen molar-refractivity contribution >= 4 is 29.5 Å². The van der Waals surface area contributed by atoms with Crippen LogP contribution in [-0.4, -0.2) is 18.5 Å². The number of nitrogens with zero attached hydrogens (tertiary/aromatic N) is 1. The largest absolute Gasteiger partial charge is 0.493 e. The Morgan fingerprint density at radius 3 is 2.68 bits per heavy atom. The molecule has 0 fully saturated rings. The number of ether oxygens (including phenoxy) is 2. The smallest absolute Gasteiger partial charge is 0.363 e. The number of hydrogen-bond donors (Lipinski definition) is 0. The van der Waals surface area contributed by atoms with E-state index in [9.17, 15) is 4.79 Å². The van der Waals surface area contributed by atoms with Gasteiger partial charge in [0.05, 0.1) is 6.61 Å². The van der Waals surface area contributed by atoms with Gasteiger partial charge in [-0.15, -0.1) is 0 Å². The highest BCUT2D eigenvalue weighted by molar-refractivity contribution is 6.30. The molecule has 0 aliphatic carbocycles. The van der Waals surface area contributed by atoms with Crippen LogP contribution in [0.2, 0.25) is 5.02 Å². The molecule has 5 heteroatoms. The van der Waals surface area contributed by atoms with Crippen LogP contribution >= 0.6 is 11.6 Å². The zero-order valence-electron chi connectivity index (χ0n) is 13.9. The Balaban J connectivity index is 1.86. The molecule has 0 N–H and O–H groups in total. The van der Waals surface area contributed by atoms with Crippen molar-refractivity contribution in [2.75, 3.05) is 6.61 Å². The van der Waals surface area contributed by atoms with E-state index in [0.717, 1.165) is 24.2 Å². The second-order valence-corrected chi connectivity index (χ2v) is 6.02. The topological polar surface area (TPSA) is 47.9 Å². The zero-order chi connectivity index (χ0) is 17.6. The minimum atomic E-state index is -0.478. The van der Waals surface area contributed by atoms with Crippen LogP contribution in [0.5, 0.6) is 5.75 Å². The van der Waals surface area contributed by atoms with Crippen LogP contribution in [0.4, 0.5) is 0 Å². The van der Waals surface area contributed by atoms with Crippen LogP contribution in [0.25, 0.3) is 6.08 Å². The SMILES string of the molecule is CCCCOc1ccccc1/C=C1\N=C(c2ccc(Cl)cc2)OC1=O. The average molecular weight is 356 g/mol. The molecule has 1 heterocycles. The molecule has 0 amide bonds.